The lowest BCUT2D eigenvalue weighted by atomic mass is 10.2. The molecule has 5 N–H and O–H groups in total. The Morgan fingerprint density at radius 3 is 1.97 bits per heavy atom. The summed E-state index contributed by atoms with van der Waals surface area (Å²) in [6.07, 6.45) is 30.5. The molecule has 4 heterocycles. The van der Waals surface area contributed by atoms with Crippen LogP contribution in [0.1, 0.15) is 83.6 Å². The molecule has 2 saturated heterocycles. The molecule has 0 spiro atoms. The van der Waals surface area contributed by atoms with Crippen molar-refractivity contribution in [3.05, 3.63) is 106 Å². The van der Waals surface area contributed by atoms with Crippen molar-refractivity contribution in [3.63, 3.8) is 0 Å². The molecule has 0 saturated carbocycles. The number of aliphatic hydroxyl groups is 1. The van der Waals surface area contributed by atoms with Gasteiger partial charge in [0.05, 0.1) is 6.61 Å². The molecule has 2 amide bonds. The molecule has 358 valence electrons. The summed E-state index contributed by atoms with van der Waals surface area (Å²) in [5.41, 5.74) is 3.69. The topological polar surface area (TPSA) is 228 Å². The maximum atomic E-state index is 12.0. The molecule has 2 aromatic heterocycles. The Bertz CT molecular complexity index is 2040. The van der Waals surface area contributed by atoms with Crippen molar-refractivity contribution in [3.8, 4) is 0 Å². The van der Waals surface area contributed by atoms with Crippen molar-refractivity contribution in [1.82, 2.24) is 24.4 Å². The van der Waals surface area contributed by atoms with Crippen LogP contribution in [-0.2, 0) is 28.5 Å². The van der Waals surface area contributed by atoms with Crippen LogP contribution in [0.3, 0.4) is 0 Å². The van der Waals surface area contributed by atoms with Crippen LogP contribution < -0.4 is 27.7 Å². The number of hydrogen-bond acceptors (Lipinski definition) is 15. The lowest BCUT2D eigenvalue weighted by Crippen LogP contribution is -2.30. The number of unbranched alkanes of at least 4 members (excludes halogenated alkanes) is 1. The summed E-state index contributed by atoms with van der Waals surface area (Å²) in [6.45, 7) is 2.08. The van der Waals surface area contributed by atoms with E-state index in [-0.39, 0.29) is 54.0 Å². The second-order valence-corrected chi connectivity index (χ2v) is 18.9. The molecule has 0 radical (unpaired) electrons. The Balaban J connectivity index is 0.000000409. The number of hydrogen-bond donors (Lipinski definition) is 4. The van der Waals surface area contributed by atoms with E-state index in [1.54, 1.807) is 6.20 Å². The van der Waals surface area contributed by atoms with Gasteiger partial charge in [-0.2, -0.15) is 9.97 Å². The number of aliphatic hydroxyl groups excluding tert-OH is 1. The van der Waals surface area contributed by atoms with Gasteiger partial charge in [0.2, 0.25) is 9.70 Å². The molecule has 17 nitrogen and oxygen atoms in total. The van der Waals surface area contributed by atoms with Crippen LogP contribution in [0.25, 0.3) is 0 Å². The number of ether oxygens (including phenoxy) is 4. The van der Waals surface area contributed by atoms with Crippen LogP contribution in [0.15, 0.2) is 94.9 Å². The zero-order valence-corrected chi connectivity index (χ0v) is 40.0. The highest BCUT2D eigenvalue weighted by molar-refractivity contribution is 8.00. The number of halogens is 3. The van der Waals surface area contributed by atoms with Crippen molar-refractivity contribution < 1.29 is 38.4 Å². The number of allylic oxidation sites excluding steroid dienone is 10. The number of alkyl halides is 3. The number of nitrogens with zero attached hydrogens (tertiary/aromatic N) is 4. The molecule has 2 unspecified atom stereocenters. The largest absolute Gasteiger partial charge is 0.462 e. The number of carbonyl (C=O) groups excluding carboxylic acids is 3. The van der Waals surface area contributed by atoms with Crippen LogP contribution >= 0.6 is 58.3 Å². The minimum absolute atomic E-state index is 0.00933. The van der Waals surface area contributed by atoms with Crippen LogP contribution in [-0.4, -0.2) is 94.7 Å². The fourth-order valence-corrected chi connectivity index (χ4v) is 7.61. The maximum absolute atomic E-state index is 12.0. The van der Waals surface area contributed by atoms with E-state index in [1.165, 1.54) is 51.0 Å². The van der Waals surface area contributed by atoms with Gasteiger partial charge >= 0.3 is 23.4 Å². The van der Waals surface area contributed by atoms with Crippen LogP contribution in [0, 0.1) is 0 Å². The first-order valence-electron chi connectivity index (χ1n) is 21.0. The third-order valence-electron chi connectivity index (χ3n) is 8.71. The van der Waals surface area contributed by atoms with E-state index >= 15 is 0 Å². The summed E-state index contributed by atoms with van der Waals surface area (Å²) in [5, 5.41) is 14.1. The number of anilines is 2. The summed E-state index contributed by atoms with van der Waals surface area (Å²) in [7, 11) is 0. The third-order valence-corrected chi connectivity index (χ3v) is 11.2. The molecule has 2 aromatic rings. The van der Waals surface area contributed by atoms with Gasteiger partial charge in [0.1, 0.15) is 48.2 Å². The van der Waals surface area contributed by atoms with Crippen LogP contribution in [0.2, 0.25) is 0 Å². The molecule has 4 atom stereocenters. The van der Waals surface area contributed by atoms with Gasteiger partial charge in [0, 0.05) is 43.3 Å². The van der Waals surface area contributed by atoms with E-state index in [0.29, 0.717) is 30.9 Å². The first kappa shape index (κ1) is 55.2. The van der Waals surface area contributed by atoms with E-state index in [9.17, 15) is 24.0 Å². The minimum Gasteiger partial charge on any atom is -0.462 e. The lowest BCUT2D eigenvalue weighted by Gasteiger charge is -2.14. The second kappa shape index (κ2) is 31.8. The molecule has 65 heavy (non-hydrogen) atoms. The van der Waals surface area contributed by atoms with Gasteiger partial charge < -0.3 is 35.1 Å². The van der Waals surface area contributed by atoms with Gasteiger partial charge in [-0.3, -0.25) is 24.0 Å². The molecule has 4 rings (SSSR count). The van der Waals surface area contributed by atoms with Gasteiger partial charge in [-0.05, 0) is 63.5 Å². The Hall–Kier alpha value is -4.08. The summed E-state index contributed by atoms with van der Waals surface area (Å²) < 4.78 is 22.1. The molecule has 2 aliphatic rings. The van der Waals surface area contributed by atoms with Gasteiger partial charge in [-0.25, -0.2) is 14.4 Å². The predicted octanol–water partition coefficient (Wildman–Crippen LogP) is 7.52. The van der Waals surface area contributed by atoms with E-state index in [4.69, 9.17) is 59.9 Å². The number of esters is 1. The number of carbonyl (C=O) groups is 3. The monoisotopic (exact) mass is 1000 g/mol. The van der Waals surface area contributed by atoms with Crippen molar-refractivity contribution >= 4 is 87.9 Å². The predicted molar refractivity (Wildman–Crippen MR) is 258 cm³/mol. The summed E-state index contributed by atoms with van der Waals surface area (Å²) >= 11 is 19.2. The summed E-state index contributed by atoms with van der Waals surface area (Å²) in [4.78, 5) is 66.8. The smallest absolute Gasteiger partial charge is 0.412 e. The standard InChI is InChI=1S/C32H46N4O5S.C11H12Cl3N3O5S/c1-2-3-4-5-6-7-8-9-10-11-12-13-14-15-16-17-18-20-28(37)34-23-19-21-30(38)40-25-31-41-29(26-42-31)36-24-22-27(33)35-32(36)39;12-11(13,14)5-21-10(20)16-6-1-2-17(9(19)15-6)7-4-23-8(3-18)22-7/h3-4,6-7,9-10,12-13,15-16,22,24,29,31H,2,5,8,11,14,17-21,23,25-26H2,1H3,(H,34,37)(H2,33,35,39);1-2,7-8,18H,3-5H2,(H,15,16,19,20)/b4-3-,7-6-,10-9-,13-12-,16-15-;/t29?,31-;7?,8-/m11/s1. The number of nitrogens with one attached hydrogen (secondary N) is 2. The quantitative estimate of drug-likeness (QED) is 0.0345. The van der Waals surface area contributed by atoms with Gasteiger partial charge in [-0.1, -0.05) is 102 Å². The zero-order chi connectivity index (χ0) is 47.3. The molecule has 0 aliphatic carbocycles. The molecule has 2 aliphatic heterocycles. The van der Waals surface area contributed by atoms with Gasteiger partial charge in [0.25, 0.3) is 0 Å². The second-order valence-electron chi connectivity index (χ2n) is 14.0. The average molecular weight is 1000 g/mol. The SMILES string of the molecule is CC/C=C\C/C=C\C/C=C\C/C=C\C/C=C\CCCC(=O)NCCCC(=O)OC[C@@H]1OC(n2ccc(N)nc2=O)CS1.O=C(Nc1ccn(C2CS[C@H](CO)O2)c(=O)n1)OCC(Cl)(Cl)Cl. The number of aromatic nitrogens is 4. The van der Waals surface area contributed by atoms with Crippen molar-refractivity contribution in [2.45, 2.75) is 98.3 Å². The molecular formula is C43H58Cl3N7O10S2. The number of nitrogens with two attached hydrogens (primary N) is 1. The first-order valence-corrected chi connectivity index (χ1v) is 24.3. The first-order chi connectivity index (χ1) is 31.3. The highest BCUT2D eigenvalue weighted by Gasteiger charge is 2.30. The molecular weight excluding hydrogens is 945 g/mol. The lowest BCUT2D eigenvalue weighted by molar-refractivity contribution is -0.147. The number of amides is 2. The normalized spacial score (nSPS) is 18.8. The molecule has 0 aromatic carbocycles. The van der Waals surface area contributed by atoms with Crippen LogP contribution in [0.4, 0.5) is 16.4 Å². The highest BCUT2D eigenvalue weighted by atomic mass is 35.6. The molecule has 2 fully saturated rings. The van der Waals surface area contributed by atoms with Crippen LogP contribution in [0.5, 0.6) is 0 Å². The van der Waals surface area contributed by atoms with Gasteiger partial charge in [0.15, 0.2) is 0 Å². The van der Waals surface area contributed by atoms with Crippen molar-refractivity contribution in [2.75, 3.05) is 48.9 Å². The maximum Gasteiger partial charge on any atom is 0.412 e. The Labute approximate surface area is 402 Å². The number of thioether (sulfide) groups is 2. The number of rotatable bonds is 24. The Kier molecular flexibility index (Phi) is 27.0. The zero-order valence-electron chi connectivity index (χ0n) is 36.1. The molecule has 22 heteroatoms. The highest BCUT2D eigenvalue weighted by Crippen LogP contribution is 2.32. The Morgan fingerprint density at radius 2 is 1.40 bits per heavy atom. The average Bonchev–Trinajstić information content (AvgIpc) is 3.95. The van der Waals surface area contributed by atoms with E-state index in [2.05, 4.69) is 93.0 Å². The van der Waals surface area contributed by atoms with E-state index in [0.717, 1.165) is 44.9 Å². The summed E-state index contributed by atoms with van der Waals surface area (Å²) in [6, 6.07) is 2.94. The summed E-state index contributed by atoms with van der Waals surface area (Å²) in [5.74, 6) is 0.840. The Morgan fingerprint density at radius 1 is 0.831 bits per heavy atom. The van der Waals surface area contributed by atoms with Crippen molar-refractivity contribution in [1.29, 1.82) is 0 Å². The minimum atomic E-state index is -1.73. The van der Waals surface area contributed by atoms with Gasteiger partial charge in [-0.15, -0.1) is 23.5 Å². The fraction of sp³-hybridized carbons (Fsp3) is 0.512. The third kappa shape index (κ3) is 24.3. The van der Waals surface area contributed by atoms with E-state index < -0.39 is 40.3 Å². The molecule has 0 bridgehead atoms. The number of nitrogen functional groups attached to an aromatic ring is 1. The van der Waals surface area contributed by atoms with E-state index in [1.807, 2.05) is 0 Å². The van der Waals surface area contributed by atoms with Crippen molar-refractivity contribution in [2.24, 2.45) is 0 Å². The fourth-order valence-electron chi connectivity index (χ4n) is 5.53.